The second-order valence-corrected chi connectivity index (χ2v) is 19.3. The van der Waals surface area contributed by atoms with Crippen LogP contribution >= 0.6 is 0 Å². The first kappa shape index (κ1) is 61.3. The molecule has 6 nitrogen and oxygen atoms in total. The van der Waals surface area contributed by atoms with E-state index in [1.54, 1.807) is 0 Å². The molecule has 0 aliphatic heterocycles. The molecule has 0 spiro atoms. The van der Waals surface area contributed by atoms with Gasteiger partial charge in [-0.3, -0.25) is 9.59 Å². The largest absolute Gasteiger partial charge is 0.466 e. The summed E-state index contributed by atoms with van der Waals surface area (Å²) in [6, 6.07) is -0.551. The molecule has 0 rings (SSSR count). The van der Waals surface area contributed by atoms with Gasteiger partial charge in [-0.1, -0.05) is 237 Å². The predicted molar refractivity (Wildman–Crippen MR) is 273 cm³/mol. The molecule has 3 N–H and O–H groups in total. The number of unbranched alkanes of at least 4 members (excludes halogenated alkanes) is 37. The van der Waals surface area contributed by atoms with Crippen molar-refractivity contribution in [2.45, 2.75) is 315 Å². The highest BCUT2D eigenvalue weighted by atomic mass is 16.5. The fourth-order valence-corrected chi connectivity index (χ4v) is 8.63. The van der Waals surface area contributed by atoms with Gasteiger partial charge in [-0.05, 0) is 77.0 Å². The zero-order valence-electron chi connectivity index (χ0n) is 42.3. The number of ether oxygens (including phenoxy) is 1. The van der Waals surface area contributed by atoms with Gasteiger partial charge in [0.05, 0.1) is 25.4 Å². The standard InChI is InChI=1S/C57H109NO5/c1-3-5-7-9-11-13-15-17-22-27-31-35-39-43-47-51-57(62)63-52-48-44-40-36-32-28-24-21-19-18-20-23-26-30-34-38-42-46-50-56(61)58-54(53-59)55(60)49-45-41-37-33-29-25-16-14-12-10-8-6-4-2/h17,20,22-23,54-55,59-60H,3-16,18-19,21,24-53H2,1-2H3,(H,58,61)/b22-17-,23-20-. The quantitative estimate of drug-likeness (QED) is 0.0321. The summed E-state index contributed by atoms with van der Waals surface area (Å²) in [5.41, 5.74) is 0. The number of aliphatic hydroxyl groups excluding tert-OH is 2. The molecule has 372 valence electrons. The van der Waals surface area contributed by atoms with Gasteiger partial charge in [0.1, 0.15) is 0 Å². The molecule has 0 aromatic rings. The van der Waals surface area contributed by atoms with Crippen LogP contribution < -0.4 is 5.32 Å². The Hall–Kier alpha value is -1.66. The van der Waals surface area contributed by atoms with E-state index in [1.165, 1.54) is 212 Å². The zero-order chi connectivity index (χ0) is 45.8. The normalized spacial score (nSPS) is 12.8. The average molecular weight is 889 g/mol. The first-order valence-electron chi connectivity index (χ1n) is 28.1. The van der Waals surface area contributed by atoms with E-state index in [1.807, 2.05) is 0 Å². The van der Waals surface area contributed by atoms with Crippen molar-refractivity contribution in [3.63, 3.8) is 0 Å². The molecular weight excluding hydrogens is 779 g/mol. The number of amides is 1. The molecule has 6 heteroatoms. The van der Waals surface area contributed by atoms with Crippen LogP contribution in [0.5, 0.6) is 0 Å². The predicted octanol–water partition coefficient (Wildman–Crippen LogP) is 17.1. The van der Waals surface area contributed by atoms with E-state index in [0.29, 0.717) is 25.9 Å². The number of esters is 1. The molecule has 0 aromatic heterocycles. The number of hydrogen-bond acceptors (Lipinski definition) is 5. The summed E-state index contributed by atoms with van der Waals surface area (Å²) in [5, 5.41) is 23.2. The van der Waals surface area contributed by atoms with Crippen molar-refractivity contribution in [3.8, 4) is 0 Å². The smallest absolute Gasteiger partial charge is 0.305 e. The Morgan fingerprint density at radius 2 is 0.746 bits per heavy atom. The molecule has 2 atom stereocenters. The van der Waals surface area contributed by atoms with E-state index >= 15 is 0 Å². The SMILES string of the molecule is CCCCCCCC/C=C\CCCCCCCC(=O)OCCCCCCCCCCC/C=C\CCCCCCCC(=O)NC(CO)C(O)CCCCCCCCCCCCCCC. The Balaban J connectivity index is 3.44. The molecule has 63 heavy (non-hydrogen) atoms. The number of allylic oxidation sites excluding steroid dienone is 4. The fourth-order valence-electron chi connectivity index (χ4n) is 8.63. The molecule has 2 unspecified atom stereocenters. The van der Waals surface area contributed by atoms with Crippen LogP contribution in [-0.4, -0.2) is 47.4 Å². The lowest BCUT2D eigenvalue weighted by Gasteiger charge is -2.22. The number of carbonyl (C=O) groups is 2. The fraction of sp³-hybridized carbons (Fsp3) is 0.895. The molecule has 0 heterocycles. The third-order valence-corrected chi connectivity index (χ3v) is 13.0. The van der Waals surface area contributed by atoms with E-state index < -0.39 is 12.1 Å². The third-order valence-electron chi connectivity index (χ3n) is 13.0. The molecule has 0 fully saturated rings. The summed E-state index contributed by atoms with van der Waals surface area (Å²) < 4.78 is 5.47. The Morgan fingerprint density at radius 3 is 1.13 bits per heavy atom. The van der Waals surface area contributed by atoms with E-state index in [-0.39, 0.29) is 18.5 Å². The molecule has 0 aromatic carbocycles. The highest BCUT2D eigenvalue weighted by molar-refractivity contribution is 5.76. The van der Waals surface area contributed by atoms with Crippen molar-refractivity contribution < 1.29 is 24.5 Å². The van der Waals surface area contributed by atoms with Crippen molar-refractivity contribution in [1.82, 2.24) is 5.32 Å². The number of carbonyl (C=O) groups excluding carboxylic acids is 2. The minimum atomic E-state index is -0.672. The van der Waals surface area contributed by atoms with Gasteiger partial charge in [0.15, 0.2) is 0 Å². The van der Waals surface area contributed by atoms with Crippen LogP contribution in [-0.2, 0) is 14.3 Å². The van der Waals surface area contributed by atoms with Gasteiger partial charge in [-0.2, -0.15) is 0 Å². The Bertz CT molecular complexity index is 982. The maximum absolute atomic E-state index is 12.4. The van der Waals surface area contributed by atoms with Crippen LogP contribution in [0, 0.1) is 0 Å². The van der Waals surface area contributed by atoms with Gasteiger partial charge in [0, 0.05) is 12.8 Å². The topological polar surface area (TPSA) is 95.9 Å². The molecule has 1 amide bonds. The van der Waals surface area contributed by atoms with Crippen LogP contribution in [0.25, 0.3) is 0 Å². The first-order valence-corrected chi connectivity index (χ1v) is 28.1. The van der Waals surface area contributed by atoms with E-state index in [0.717, 1.165) is 57.8 Å². The number of rotatable bonds is 52. The second-order valence-electron chi connectivity index (χ2n) is 19.3. The maximum Gasteiger partial charge on any atom is 0.305 e. The molecule has 0 aliphatic rings. The van der Waals surface area contributed by atoms with Gasteiger partial charge in [0.25, 0.3) is 0 Å². The summed E-state index contributed by atoms with van der Waals surface area (Å²) >= 11 is 0. The Kier molecular flexibility index (Phi) is 51.6. The van der Waals surface area contributed by atoms with Gasteiger partial charge in [-0.15, -0.1) is 0 Å². The third kappa shape index (κ3) is 49.6. The molecular formula is C57H109NO5. The van der Waals surface area contributed by atoms with Crippen LogP contribution in [0.15, 0.2) is 24.3 Å². The molecule has 0 radical (unpaired) electrons. The van der Waals surface area contributed by atoms with Crippen LogP contribution in [0.2, 0.25) is 0 Å². The maximum atomic E-state index is 12.4. The molecule has 0 saturated carbocycles. The lowest BCUT2D eigenvalue weighted by molar-refractivity contribution is -0.143. The lowest BCUT2D eigenvalue weighted by atomic mass is 10.0. The van der Waals surface area contributed by atoms with Crippen LogP contribution in [0.1, 0.15) is 303 Å². The van der Waals surface area contributed by atoms with Gasteiger partial charge in [-0.25, -0.2) is 0 Å². The van der Waals surface area contributed by atoms with Gasteiger partial charge >= 0.3 is 5.97 Å². The number of hydrogen-bond donors (Lipinski definition) is 3. The van der Waals surface area contributed by atoms with E-state index in [9.17, 15) is 19.8 Å². The van der Waals surface area contributed by atoms with Crippen molar-refractivity contribution in [2.75, 3.05) is 13.2 Å². The zero-order valence-corrected chi connectivity index (χ0v) is 42.3. The second kappa shape index (κ2) is 53.0. The summed E-state index contributed by atoms with van der Waals surface area (Å²) in [6.45, 7) is 4.93. The summed E-state index contributed by atoms with van der Waals surface area (Å²) in [7, 11) is 0. The first-order chi connectivity index (χ1) is 31.0. The van der Waals surface area contributed by atoms with Crippen molar-refractivity contribution in [1.29, 1.82) is 0 Å². The van der Waals surface area contributed by atoms with Gasteiger partial charge in [0.2, 0.25) is 5.91 Å². The summed E-state index contributed by atoms with van der Waals surface area (Å²) in [5.74, 6) is -0.0542. The van der Waals surface area contributed by atoms with Crippen LogP contribution in [0.3, 0.4) is 0 Å². The Morgan fingerprint density at radius 1 is 0.429 bits per heavy atom. The van der Waals surface area contributed by atoms with Crippen molar-refractivity contribution in [3.05, 3.63) is 24.3 Å². The lowest BCUT2D eigenvalue weighted by Crippen LogP contribution is -2.45. The van der Waals surface area contributed by atoms with E-state index in [2.05, 4.69) is 43.5 Å². The highest BCUT2D eigenvalue weighted by Gasteiger charge is 2.20. The van der Waals surface area contributed by atoms with Crippen molar-refractivity contribution in [2.24, 2.45) is 0 Å². The average Bonchev–Trinajstić information content (AvgIpc) is 3.28. The monoisotopic (exact) mass is 888 g/mol. The summed E-state index contributed by atoms with van der Waals surface area (Å²) in [6.07, 6.45) is 63.0. The van der Waals surface area contributed by atoms with Crippen molar-refractivity contribution >= 4 is 11.9 Å². The Labute approximate surface area is 392 Å². The van der Waals surface area contributed by atoms with E-state index in [4.69, 9.17) is 4.74 Å². The molecule has 0 bridgehead atoms. The van der Waals surface area contributed by atoms with Gasteiger partial charge < -0.3 is 20.3 Å². The molecule has 0 aliphatic carbocycles. The van der Waals surface area contributed by atoms with Crippen LogP contribution in [0.4, 0.5) is 0 Å². The highest BCUT2D eigenvalue weighted by Crippen LogP contribution is 2.16. The minimum Gasteiger partial charge on any atom is -0.466 e. The number of nitrogens with one attached hydrogen (secondary N) is 1. The number of aliphatic hydroxyl groups is 2. The summed E-state index contributed by atoms with van der Waals surface area (Å²) in [4.78, 5) is 24.5. The molecule has 0 saturated heterocycles. The minimum absolute atomic E-state index is 0.00494.